The van der Waals surface area contributed by atoms with Crippen LogP contribution in [0.25, 0.3) is 10.2 Å². The number of ether oxygens (including phenoxy) is 2. The minimum atomic E-state index is -0.108. The molecule has 0 spiro atoms. The van der Waals surface area contributed by atoms with Gasteiger partial charge in [-0.25, -0.2) is 4.98 Å². The van der Waals surface area contributed by atoms with Gasteiger partial charge in [-0.05, 0) is 39.7 Å². The van der Waals surface area contributed by atoms with Crippen molar-refractivity contribution < 1.29 is 14.3 Å². The Morgan fingerprint density at radius 3 is 2.82 bits per heavy atom. The Bertz CT molecular complexity index is 863. The Morgan fingerprint density at radius 2 is 2.14 bits per heavy atom. The molecule has 2 heterocycles. The topological polar surface area (TPSA) is 82.4 Å². The first-order valence-corrected chi connectivity index (χ1v) is 11.2. The Kier molecular flexibility index (Phi) is 8.94. The van der Waals surface area contributed by atoms with Gasteiger partial charge in [0.2, 0.25) is 5.91 Å². The summed E-state index contributed by atoms with van der Waals surface area (Å²) in [6.45, 7) is 9.99. The van der Waals surface area contributed by atoms with Crippen LogP contribution in [-0.4, -0.2) is 54.2 Å². The van der Waals surface area contributed by atoms with Crippen molar-refractivity contribution in [3.8, 4) is 0 Å². The molecule has 0 aliphatic rings. The fourth-order valence-corrected chi connectivity index (χ4v) is 4.73. The third-order valence-corrected chi connectivity index (χ3v) is 6.36. The number of aromatic nitrogens is 2. The SMILES string of the molecule is CCOCCCn1c(SCC(=O)N[C@@H](C)COC)nc2sc(C)c(C)c2c1=O. The van der Waals surface area contributed by atoms with Crippen molar-refractivity contribution >= 4 is 39.2 Å². The van der Waals surface area contributed by atoms with Gasteiger partial charge < -0.3 is 14.8 Å². The highest BCUT2D eigenvalue weighted by Gasteiger charge is 2.18. The van der Waals surface area contributed by atoms with E-state index in [0.29, 0.717) is 43.3 Å². The summed E-state index contributed by atoms with van der Waals surface area (Å²) in [5, 5.41) is 4.13. The van der Waals surface area contributed by atoms with Crippen LogP contribution in [0.1, 0.15) is 30.7 Å². The zero-order valence-electron chi connectivity index (χ0n) is 17.2. The van der Waals surface area contributed by atoms with Gasteiger partial charge in [0.05, 0.1) is 17.7 Å². The van der Waals surface area contributed by atoms with Crippen LogP contribution in [0.4, 0.5) is 0 Å². The number of hydrogen-bond acceptors (Lipinski definition) is 7. The molecule has 0 saturated carbocycles. The molecule has 2 aromatic heterocycles. The summed E-state index contributed by atoms with van der Waals surface area (Å²) in [4.78, 5) is 31.8. The lowest BCUT2D eigenvalue weighted by Gasteiger charge is -2.14. The van der Waals surface area contributed by atoms with Gasteiger partial charge in [-0.3, -0.25) is 14.2 Å². The lowest BCUT2D eigenvalue weighted by molar-refractivity contribution is -0.119. The zero-order chi connectivity index (χ0) is 20.7. The molecule has 2 rings (SSSR count). The van der Waals surface area contributed by atoms with Crippen LogP contribution in [0.2, 0.25) is 0 Å². The highest BCUT2D eigenvalue weighted by Crippen LogP contribution is 2.28. The predicted molar refractivity (Wildman–Crippen MR) is 115 cm³/mol. The molecule has 0 saturated heterocycles. The molecular weight excluding hydrogens is 398 g/mol. The number of aryl methyl sites for hydroxylation is 2. The first kappa shape index (κ1) is 22.9. The van der Waals surface area contributed by atoms with Crippen LogP contribution in [0.5, 0.6) is 0 Å². The molecular formula is C19H29N3O4S2. The smallest absolute Gasteiger partial charge is 0.263 e. The zero-order valence-corrected chi connectivity index (χ0v) is 18.8. The highest BCUT2D eigenvalue weighted by molar-refractivity contribution is 7.99. The largest absolute Gasteiger partial charge is 0.383 e. The first-order valence-electron chi connectivity index (χ1n) is 9.38. The van der Waals surface area contributed by atoms with Crippen molar-refractivity contribution in [1.29, 1.82) is 0 Å². The number of fused-ring (bicyclic) bond motifs is 1. The van der Waals surface area contributed by atoms with Gasteiger partial charge in [0, 0.05) is 37.8 Å². The maximum Gasteiger partial charge on any atom is 0.263 e. The van der Waals surface area contributed by atoms with E-state index in [1.54, 1.807) is 11.7 Å². The third-order valence-electron chi connectivity index (χ3n) is 4.28. The number of amides is 1. The van der Waals surface area contributed by atoms with Crippen molar-refractivity contribution in [1.82, 2.24) is 14.9 Å². The molecule has 0 aliphatic heterocycles. The van der Waals surface area contributed by atoms with Gasteiger partial charge >= 0.3 is 0 Å². The molecule has 0 aliphatic carbocycles. The number of rotatable bonds is 11. The summed E-state index contributed by atoms with van der Waals surface area (Å²) >= 11 is 2.81. The molecule has 0 unspecified atom stereocenters. The standard InChI is InChI=1S/C19H29N3O4S2/c1-6-26-9-7-8-22-18(24)16-13(3)14(4)28-17(16)21-19(22)27-11-15(23)20-12(2)10-25-5/h12H,6-11H2,1-5H3,(H,20,23)/t12-/m0/s1. The second kappa shape index (κ2) is 10.9. The minimum Gasteiger partial charge on any atom is -0.383 e. The molecule has 1 amide bonds. The average molecular weight is 428 g/mol. The van der Waals surface area contributed by atoms with Crippen LogP contribution < -0.4 is 10.9 Å². The molecule has 7 nitrogen and oxygen atoms in total. The molecule has 9 heteroatoms. The van der Waals surface area contributed by atoms with Crippen molar-refractivity contribution in [2.24, 2.45) is 0 Å². The van der Waals surface area contributed by atoms with Crippen LogP contribution in [0.3, 0.4) is 0 Å². The Morgan fingerprint density at radius 1 is 1.39 bits per heavy atom. The molecule has 0 bridgehead atoms. The van der Waals surface area contributed by atoms with Crippen molar-refractivity contribution in [3.05, 3.63) is 20.8 Å². The van der Waals surface area contributed by atoms with Gasteiger partial charge in [-0.2, -0.15) is 0 Å². The van der Waals surface area contributed by atoms with Crippen LogP contribution in [-0.2, 0) is 20.8 Å². The monoisotopic (exact) mass is 427 g/mol. The maximum atomic E-state index is 13.1. The van der Waals surface area contributed by atoms with Crippen LogP contribution >= 0.6 is 23.1 Å². The van der Waals surface area contributed by atoms with Gasteiger partial charge in [-0.1, -0.05) is 11.8 Å². The number of hydrogen-bond donors (Lipinski definition) is 1. The summed E-state index contributed by atoms with van der Waals surface area (Å²) in [7, 11) is 1.60. The molecule has 0 aromatic carbocycles. The molecule has 0 radical (unpaired) electrons. The number of carbonyl (C=O) groups is 1. The van der Waals surface area contributed by atoms with E-state index in [9.17, 15) is 9.59 Å². The maximum absolute atomic E-state index is 13.1. The fourth-order valence-electron chi connectivity index (χ4n) is 2.82. The van der Waals surface area contributed by atoms with E-state index in [-0.39, 0.29) is 23.3 Å². The quantitative estimate of drug-likeness (QED) is 0.337. The summed E-state index contributed by atoms with van der Waals surface area (Å²) in [6, 6.07) is -0.0653. The molecule has 2 aromatic rings. The van der Waals surface area contributed by atoms with Crippen molar-refractivity contribution in [3.63, 3.8) is 0 Å². The fraction of sp³-hybridized carbons (Fsp3) is 0.632. The number of nitrogens with zero attached hydrogens (tertiary/aromatic N) is 2. The summed E-state index contributed by atoms with van der Waals surface area (Å²) in [5.41, 5.74) is 0.942. The normalized spacial score (nSPS) is 12.5. The van der Waals surface area contributed by atoms with E-state index in [0.717, 1.165) is 15.3 Å². The minimum absolute atomic E-state index is 0.0426. The van der Waals surface area contributed by atoms with Crippen LogP contribution in [0, 0.1) is 13.8 Å². The number of carbonyl (C=O) groups excluding carboxylic acids is 1. The molecule has 1 N–H and O–H groups in total. The summed E-state index contributed by atoms with van der Waals surface area (Å²) in [6.07, 6.45) is 0.716. The van der Waals surface area contributed by atoms with Gasteiger partial charge in [0.15, 0.2) is 5.16 Å². The molecule has 28 heavy (non-hydrogen) atoms. The van der Waals surface area contributed by atoms with E-state index < -0.39 is 0 Å². The number of thiophene rings is 1. The molecule has 0 fully saturated rings. The van der Waals surface area contributed by atoms with E-state index >= 15 is 0 Å². The Balaban J connectivity index is 2.24. The lowest BCUT2D eigenvalue weighted by atomic mass is 10.2. The van der Waals surface area contributed by atoms with E-state index in [1.807, 2.05) is 27.7 Å². The third kappa shape index (κ3) is 5.79. The Hall–Kier alpha value is -1.42. The number of nitrogens with one attached hydrogen (secondary N) is 1. The second-order valence-corrected chi connectivity index (χ2v) is 8.72. The van der Waals surface area contributed by atoms with Gasteiger partial charge in [0.1, 0.15) is 4.83 Å². The van der Waals surface area contributed by atoms with Gasteiger partial charge in [0.25, 0.3) is 5.56 Å². The summed E-state index contributed by atoms with van der Waals surface area (Å²) < 4.78 is 12.1. The second-order valence-electron chi connectivity index (χ2n) is 6.58. The van der Waals surface area contributed by atoms with Crippen LogP contribution in [0.15, 0.2) is 9.95 Å². The highest BCUT2D eigenvalue weighted by atomic mass is 32.2. The molecule has 1 atom stereocenters. The van der Waals surface area contributed by atoms with E-state index in [2.05, 4.69) is 5.32 Å². The molecule has 156 valence electrons. The van der Waals surface area contributed by atoms with Crippen molar-refractivity contribution in [2.75, 3.05) is 32.7 Å². The van der Waals surface area contributed by atoms with E-state index in [1.165, 1.54) is 23.1 Å². The summed E-state index contributed by atoms with van der Waals surface area (Å²) in [5.74, 6) is 0.0872. The first-order chi connectivity index (χ1) is 13.4. The number of thioether (sulfide) groups is 1. The van der Waals surface area contributed by atoms with Crippen molar-refractivity contribution in [2.45, 2.75) is 51.9 Å². The van der Waals surface area contributed by atoms with E-state index in [4.69, 9.17) is 14.5 Å². The lowest BCUT2D eigenvalue weighted by Crippen LogP contribution is -2.36. The average Bonchev–Trinajstić information content (AvgIpc) is 2.93. The Labute approximate surface area is 173 Å². The number of methoxy groups -OCH3 is 1. The predicted octanol–water partition coefficient (Wildman–Crippen LogP) is 2.74. The van der Waals surface area contributed by atoms with Gasteiger partial charge in [-0.15, -0.1) is 11.3 Å².